The Hall–Kier alpha value is -2.51. The van der Waals surface area contributed by atoms with E-state index in [1.807, 2.05) is 32.9 Å². The van der Waals surface area contributed by atoms with Gasteiger partial charge in [-0.1, -0.05) is 34.4 Å². The highest BCUT2D eigenvalue weighted by Gasteiger charge is 2.37. The van der Waals surface area contributed by atoms with Crippen LogP contribution in [0.4, 0.5) is 0 Å². The third-order valence-corrected chi connectivity index (χ3v) is 8.39. The third kappa shape index (κ3) is 3.56. The number of aryl methyl sites for hydroxylation is 5. The molecule has 0 saturated heterocycles. The van der Waals surface area contributed by atoms with Crippen LogP contribution in [-0.4, -0.2) is 5.79 Å². The van der Waals surface area contributed by atoms with Crippen LogP contribution in [-0.2, 0) is 4.57 Å². The lowest BCUT2D eigenvalue weighted by atomic mass is 10.2. The number of hydrogen-bond acceptors (Lipinski definition) is 3. The molecule has 4 rings (SSSR count). The number of fused-ring (bicyclic) bond motifs is 1. The van der Waals surface area contributed by atoms with E-state index in [1.165, 1.54) is 0 Å². The highest BCUT2D eigenvalue weighted by molar-refractivity contribution is 7.85. The molecular weight excluding hydrogens is 391 g/mol. The maximum absolute atomic E-state index is 15.0. The first kappa shape index (κ1) is 20.8. The second-order valence-electron chi connectivity index (χ2n) is 8.99. The zero-order chi connectivity index (χ0) is 21.8. The predicted molar refractivity (Wildman–Crippen MR) is 125 cm³/mol. The molecule has 156 valence electrons. The van der Waals surface area contributed by atoms with E-state index in [0.29, 0.717) is 5.75 Å². The fraction of sp³-hybridized carbons (Fsp3) is 0.308. The zero-order valence-electron chi connectivity index (χ0n) is 18.8. The molecule has 3 aromatic carbocycles. The fourth-order valence-electron chi connectivity index (χ4n) is 4.36. The summed E-state index contributed by atoms with van der Waals surface area (Å²) in [5.41, 5.74) is 5.35. The van der Waals surface area contributed by atoms with Gasteiger partial charge in [-0.25, -0.2) is 0 Å². The molecule has 0 aliphatic carbocycles. The Morgan fingerprint density at radius 1 is 0.633 bits per heavy atom. The summed E-state index contributed by atoms with van der Waals surface area (Å²) < 4.78 is 27.0. The van der Waals surface area contributed by atoms with Crippen molar-refractivity contribution < 1.29 is 14.0 Å². The van der Waals surface area contributed by atoms with E-state index in [1.54, 1.807) is 0 Å². The largest absolute Gasteiger partial charge is 0.449 e. The van der Waals surface area contributed by atoms with E-state index in [2.05, 4.69) is 64.1 Å². The average Bonchev–Trinajstić information content (AvgIpc) is 2.94. The van der Waals surface area contributed by atoms with Crippen molar-refractivity contribution in [1.82, 2.24) is 0 Å². The molecule has 0 amide bonds. The Morgan fingerprint density at radius 3 is 1.53 bits per heavy atom. The maximum atomic E-state index is 15.0. The van der Waals surface area contributed by atoms with Crippen LogP contribution >= 0.6 is 7.14 Å². The van der Waals surface area contributed by atoms with Gasteiger partial charge in [0.2, 0.25) is 5.79 Å². The molecule has 0 aromatic heterocycles. The smallest absolute Gasteiger partial charge is 0.246 e. The van der Waals surface area contributed by atoms with Crippen molar-refractivity contribution in [3.63, 3.8) is 0 Å². The van der Waals surface area contributed by atoms with Gasteiger partial charge in [0.1, 0.15) is 0 Å². The standard InChI is InChI=1S/C26H29O3P/c1-16-8-17(2)11-21(10-16)30(27,22-12-18(3)9-19(4)13-22)23-14-20(5)25-24(15-23)28-26(6,7)29-25/h8-15H,1-7H3. The summed E-state index contributed by atoms with van der Waals surface area (Å²) in [6, 6.07) is 16.3. The van der Waals surface area contributed by atoms with Crippen molar-refractivity contribution in [2.75, 3.05) is 0 Å². The van der Waals surface area contributed by atoms with Crippen LogP contribution in [0.15, 0.2) is 48.5 Å². The lowest BCUT2D eigenvalue weighted by Gasteiger charge is -2.23. The monoisotopic (exact) mass is 420 g/mol. The summed E-state index contributed by atoms with van der Waals surface area (Å²) in [5.74, 6) is 0.662. The minimum Gasteiger partial charge on any atom is -0.449 e. The van der Waals surface area contributed by atoms with Crippen LogP contribution in [0.1, 0.15) is 41.7 Å². The van der Waals surface area contributed by atoms with Crippen LogP contribution in [0.5, 0.6) is 11.5 Å². The Morgan fingerprint density at radius 2 is 1.07 bits per heavy atom. The van der Waals surface area contributed by atoms with Gasteiger partial charge in [0.25, 0.3) is 0 Å². The Bertz CT molecular complexity index is 1110. The van der Waals surface area contributed by atoms with Crippen molar-refractivity contribution in [2.24, 2.45) is 0 Å². The molecule has 0 radical (unpaired) electrons. The number of rotatable bonds is 3. The second kappa shape index (κ2) is 7.03. The molecule has 0 spiro atoms. The van der Waals surface area contributed by atoms with Gasteiger partial charge in [0.15, 0.2) is 18.6 Å². The molecule has 4 heteroatoms. The van der Waals surface area contributed by atoms with Crippen molar-refractivity contribution in [1.29, 1.82) is 0 Å². The SMILES string of the molecule is Cc1cc(C)cc(P(=O)(c2cc(C)cc(C)c2)c2cc(C)c3c(c2)OC(C)(C)O3)c1. The quantitative estimate of drug-likeness (QED) is 0.534. The lowest BCUT2D eigenvalue weighted by Crippen LogP contribution is -2.30. The van der Waals surface area contributed by atoms with Gasteiger partial charge in [-0.2, -0.15) is 0 Å². The average molecular weight is 420 g/mol. The van der Waals surface area contributed by atoms with Gasteiger partial charge < -0.3 is 14.0 Å². The molecule has 0 saturated carbocycles. The molecular formula is C26H29O3P. The summed E-state index contributed by atoms with van der Waals surface area (Å²) >= 11 is 0. The summed E-state index contributed by atoms with van der Waals surface area (Å²) in [5, 5.41) is 2.47. The van der Waals surface area contributed by atoms with Crippen LogP contribution < -0.4 is 25.4 Å². The van der Waals surface area contributed by atoms with Crippen molar-refractivity contribution in [3.8, 4) is 11.5 Å². The molecule has 0 unspecified atom stereocenters. The Labute approximate surface area is 179 Å². The van der Waals surface area contributed by atoms with Gasteiger partial charge in [-0.05, 0) is 76.6 Å². The van der Waals surface area contributed by atoms with Crippen molar-refractivity contribution in [2.45, 2.75) is 54.3 Å². The van der Waals surface area contributed by atoms with Gasteiger partial charge in [-0.15, -0.1) is 0 Å². The van der Waals surface area contributed by atoms with Crippen LogP contribution in [0.25, 0.3) is 0 Å². The molecule has 0 fully saturated rings. The first-order valence-electron chi connectivity index (χ1n) is 10.3. The van der Waals surface area contributed by atoms with E-state index < -0.39 is 12.9 Å². The highest BCUT2D eigenvalue weighted by atomic mass is 31.2. The summed E-state index contributed by atoms with van der Waals surface area (Å²) in [4.78, 5) is 0. The van der Waals surface area contributed by atoms with Gasteiger partial charge in [0, 0.05) is 29.8 Å². The number of hydrogen-bond donors (Lipinski definition) is 0. The molecule has 0 bridgehead atoms. The molecule has 3 aromatic rings. The Kier molecular flexibility index (Phi) is 4.86. The summed E-state index contributed by atoms with van der Waals surface area (Å²) in [7, 11) is -3.12. The maximum Gasteiger partial charge on any atom is 0.246 e. The van der Waals surface area contributed by atoms with Crippen molar-refractivity contribution in [3.05, 3.63) is 76.3 Å². The predicted octanol–water partition coefficient (Wildman–Crippen LogP) is 5.38. The fourth-order valence-corrected chi connectivity index (χ4v) is 7.47. The van der Waals surface area contributed by atoms with E-state index in [-0.39, 0.29) is 0 Å². The van der Waals surface area contributed by atoms with Gasteiger partial charge in [0.05, 0.1) is 0 Å². The number of ether oxygens (including phenoxy) is 2. The van der Waals surface area contributed by atoms with Crippen LogP contribution in [0, 0.1) is 34.6 Å². The number of benzene rings is 3. The normalized spacial score (nSPS) is 14.8. The molecule has 0 atom stereocenters. The molecule has 1 heterocycles. The van der Waals surface area contributed by atoms with Crippen LogP contribution in [0.2, 0.25) is 0 Å². The topological polar surface area (TPSA) is 35.5 Å². The second-order valence-corrected chi connectivity index (χ2v) is 11.8. The lowest BCUT2D eigenvalue weighted by molar-refractivity contribution is -0.0433. The minimum atomic E-state index is -3.12. The third-order valence-electron chi connectivity index (χ3n) is 5.43. The van der Waals surface area contributed by atoms with Gasteiger partial charge >= 0.3 is 0 Å². The van der Waals surface area contributed by atoms with Gasteiger partial charge in [-0.3, -0.25) is 0 Å². The molecule has 0 N–H and O–H groups in total. The highest BCUT2D eigenvalue weighted by Crippen LogP contribution is 2.48. The molecule has 1 aliphatic rings. The van der Waals surface area contributed by atoms with Crippen LogP contribution in [0.3, 0.4) is 0 Å². The van der Waals surface area contributed by atoms with E-state index >= 15 is 4.57 Å². The molecule has 3 nitrogen and oxygen atoms in total. The molecule has 1 aliphatic heterocycles. The first-order valence-corrected chi connectivity index (χ1v) is 12.0. The van der Waals surface area contributed by atoms with Crippen molar-refractivity contribution >= 4 is 23.1 Å². The zero-order valence-corrected chi connectivity index (χ0v) is 19.7. The first-order chi connectivity index (χ1) is 14.0. The summed E-state index contributed by atoms with van der Waals surface area (Å²) in [6.07, 6.45) is 0. The van der Waals surface area contributed by atoms with E-state index in [9.17, 15) is 0 Å². The molecule has 30 heavy (non-hydrogen) atoms. The van der Waals surface area contributed by atoms with E-state index in [4.69, 9.17) is 9.47 Å². The summed E-state index contributed by atoms with van der Waals surface area (Å²) in [6.45, 7) is 14.0. The van der Waals surface area contributed by atoms with E-state index in [0.717, 1.165) is 49.5 Å². The minimum absolute atomic E-state index is 0.656. The Balaban J connectivity index is 2.03.